The molecule has 3 saturated heterocycles. The summed E-state index contributed by atoms with van der Waals surface area (Å²) in [6.07, 6.45) is -4.79. The number of carbonyl (C=O) groups excluding carboxylic acids is 2. The number of imide groups is 1. The number of nitrogens with zero attached hydrogens (tertiary/aromatic N) is 2. The van der Waals surface area contributed by atoms with Gasteiger partial charge in [-0.2, -0.15) is 18.4 Å². The van der Waals surface area contributed by atoms with Crippen LogP contribution in [0.3, 0.4) is 0 Å². The molecule has 1 unspecified atom stereocenters. The summed E-state index contributed by atoms with van der Waals surface area (Å²) in [4.78, 5) is 27.1. The zero-order chi connectivity index (χ0) is 24.3. The lowest BCUT2D eigenvalue weighted by atomic mass is 9.64. The van der Waals surface area contributed by atoms with Crippen LogP contribution in [0, 0.1) is 34.9 Å². The predicted octanol–water partition coefficient (Wildman–Crippen LogP) is 3.05. The lowest BCUT2D eigenvalue weighted by Gasteiger charge is -2.35. The summed E-state index contributed by atoms with van der Waals surface area (Å²) in [6.45, 7) is 4.29. The second-order valence-electron chi connectivity index (χ2n) is 8.97. The van der Waals surface area contributed by atoms with E-state index in [4.69, 9.17) is 19.5 Å². The van der Waals surface area contributed by atoms with Gasteiger partial charge in [-0.1, -0.05) is 0 Å². The van der Waals surface area contributed by atoms with Crippen molar-refractivity contribution in [3.8, 4) is 6.07 Å². The number of hydrogen-bond acceptors (Lipinski definition) is 6. The maximum absolute atomic E-state index is 15.0. The Hall–Kier alpha value is -2.55. The number of amides is 2. The van der Waals surface area contributed by atoms with Crippen LogP contribution in [0.15, 0.2) is 12.1 Å². The van der Waals surface area contributed by atoms with Crippen molar-refractivity contribution in [1.82, 2.24) is 0 Å². The Morgan fingerprint density at radius 1 is 1.21 bits per heavy atom. The summed E-state index contributed by atoms with van der Waals surface area (Å²) in [7, 11) is 1.53. The Morgan fingerprint density at radius 2 is 1.88 bits per heavy atom. The van der Waals surface area contributed by atoms with E-state index in [-0.39, 0.29) is 12.5 Å². The molecule has 11 heteroatoms. The van der Waals surface area contributed by atoms with Gasteiger partial charge >= 0.3 is 6.18 Å². The Morgan fingerprint density at radius 3 is 2.48 bits per heavy atom. The third kappa shape index (κ3) is 3.34. The van der Waals surface area contributed by atoms with Crippen LogP contribution in [0.4, 0.5) is 23.2 Å². The van der Waals surface area contributed by atoms with Gasteiger partial charge in [0.25, 0.3) is 0 Å². The number of benzene rings is 1. The molecule has 1 aromatic carbocycles. The highest BCUT2D eigenvalue weighted by atomic mass is 19.4. The van der Waals surface area contributed by atoms with Crippen molar-refractivity contribution < 1.29 is 41.4 Å². The van der Waals surface area contributed by atoms with Gasteiger partial charge in [-0.15, -0.1) is 0 Å². The molecule has 0 saturated carbocycles. The molecule has 7 nitrogen and oxygen atoms in total. The first-order chi connectivity index (χ1) is 15.4. The van der Waals surface area contributed by atoms with Gasteiger partial charge in [0.15, 0.2) is 5.82 Å². The van der Waals surface area contributed by atoms with E-state index in [0.29, 0.717) is 24.5 Å². The number of nitriles is 1. The van der Waals surface area contributed by atoms with Crippen LogP contribution in [-0.4, -0.2) is 49.9 Å². The molecular weight excluding hydrogens is 448 g/mol. The second-order valence-corrected chi connectivity index (χ2v) is 8.97. The smallest absolute Gasteiger partial charge is 0.382 e. The molecule has 4 rings (SSSR count). The molecule has 0 N–H and O–H groups in total. The van der Waals surface area contributed by atoms with Crippen LogP contribution in [0.1, 0.15) is 31.4 Å². The molecule has 0 radical (unpaired) electrons. The van der Waals surface area contributed by atoms with Crippen LogP contribution < -0.4 is 4.90 Å². The third-order valence-corrected chi connectivity index (χ3v) is 7.01. The average Bonchev–Trinajstić information content (AvgIpc) is 3.25. The molecule has 3 heterocycles. The fourth-order valence-corrected chi connectivity index (χ4v) is 5.63. The molecule has 0 aromatic heterocycles. The Kier molecular flexibility index (Phi) is 5.54. The van der Waals surface area contributed by atoms with Crippen molar-refractivity contribution in [2.75, 3.05) is 31.8 Å². The Bertz CT molecular complexity index is 1050. The van der Waals surface area contributed by atoms with Crippen LogP contribution in [0.2, 0.25) is 0 Å². The highest BCUT2D eigenvalue weighted by Crippen LogP contribution is 2.63. The van der Waals surface area contributed by atoms with Crippen molar-refractivity contribution in [2.24, 2.45) is 17.8 Å². The van der Waals surface area contributed by atoms with E-state index in [0.717, 1.165) is 12.1 Å². The summed E-state index contributed by atoms with van der Waals surface area (Å²) < 4.78 is 72.1. The van der Waals surface area contributed by atoms with Gasteiger partial charge in [-0.3, -0.25) is 9.59 Å². The maximum atomic E-state index is 15.0. The van der Waals surface area contributed by atoms with Crippen molar-refractivity contribution in [2.45, 2.75) is 37.6 Å². The molecular formula is C22H22F4N2O5. The van der Waals surface area contributed by atoms with Crippen molar-refractivity contribution in [1.29, 1.82) is 5.26 Å². The maximum Gasteiger partial charge on any atom is 0.420 e. The quantitative estimate of drug-likeness (QED) is 0.361. The van der Waals surface area contributed by atoms with Crippen molar-refractivity contribution in [3.63, 3.8) is 0 Å². The SMILES string of the molecule is COCCOCC1C[C@]2(C)O[C@@]1(C)[C@H]1C(=O)N(c3ccc(C#N)c(C(F)(F)F)c3F)C(=O)[C@H]12. The van der Waals surface area contributed by atoms with E-state index in [1.54, 1.807) is 13.8 Å². The molecule has 3 fully saturated rings. The van der Waals surface area contributed by atoms with Gasteiger partial charge in [-0.05, 0) is 32.4 Å². The summed E-state index contributed by atoms with van der Waals surface area (Å²) in [5, 5.41) is 8.98. The Balaban J connectivity index is 1.71. The molecule has 2 bridgehead atoms. The van der Waals surface area contributed by atoms with E-state index in [9.17, 15) is 22.8 Å². The van der Waals surface area contributed by atoms with Gasteiger partial charge in [0.05, 0.1) is 60.2 Å². The minimum absolute atomic E-state index is 0.240. The van der Waals surface area contributed by atoms with Crippen LogP contribution in [0.25, 0.3) is 0 Å². The molecule has 33 heavy (non-hydrogen) atoms. The number of halogens is 4. The number of fused-ring (bicyclic) bond motifs is 5. The Labute approximate surface area is 187 Å². The zero-order valence-corrected chi connectivity index (χ0v) is 18.2. The molecule has 5 atom stereocenters. The highest BCUT2D eigenvalue weighted by molar-refractivity contribution is 6.23. The third-order valence-electron chi connectivity index (χ3n) is 7.01. The van der Waals surface area contributed by atoms with E-state index >= 15 is 4.39 Å². The van der Waals surface area contributed by atoms with E-state index < -0.39 is 63.7 Å². The lowest BCUT2D eigenvalue weighted by molar-refractivity contribution is -0.140. The number of hydrogen-bond donors (Lipinski definition) is 0. The van der Waals surface area contributed by atoms with E-state index in [1.807, 2.05) is 0 Å². The monoisotopic (exact) mass is 470 g/mol. The standard InChI is InChI=1S/C22H22F4N2O5/c1-20-8-12(10-32-7-6-31-3)21(2,33-20)16-15(20)18(29)28(19(16)30)13-5-4-11(9-27)14(17(13)23)22(24,25)26/h4-5,12,15-16H,6-8,10H2,1-3H3/t12?,15-,16+,20-,21+/m0/s1. The largest absolute Gasteiger partial charge is 0.420 e. The fourth-order valence-electron chi connectivity index (χ4n) is 5.63. The van der Waals surface area contributed by atoms with E-state index in [2.05, 4.69) is 0 Å². The van der Waals surface area contributed by atoms with Crippen LogP contribution in [0.5, 0.6) is 0 Å². The highest BCUT2D eigenvalue weighted by Gasteiger charge is 2.75. The van der Waals surface area contributed by atoms with Gasteiger partial charge in [0.2, 0.25) is 11.8 Å². The summed E-state index contributed by atoms with van der Waals surface area (Å²) in [6, 6.07) is 2.92. The zero-order valence-electron chi connectivity index (χ0n) is 18.2. The number of methoxy groups -OCH3 is 1. The second kappa shape index (κ2) is 7.75. The number of rotatable bonds is 6. The number of carbonyl (C=O) groups is 2. The first-order valence-electron chi connectivity index (χ1n) is 10.3. The van der Waals surface area contributed by atoms with Gasteiger partial charge in [-0.25, -0.2) is 9.29 Å². The van der Waals surface area contributed by atoms with Crippen molar-refractivity contribution in [3.05, 3.63) is 29.1 Å². The van der Waals surface area contributed by atoms with Crippen LogP contribution in [-0.2, 0) is 30.0 Å². The average molecular weight is 470 g/mol. The molecule has 3 aliphatic heterocycles. The fraction of sp³-hybridized carbons (Fsp3) is 0.591. The predicted molar refractivity (Wildman–Crippen MR) is 104 cm³/mol. The minimum atomic E-state index is -5.18. The molecule has 2 amide bonds. The summed E-state index contributed by atoms with van der Waals surface area (Å²) in [5.74, 6) is -5.68. The molecule has 1 aromatic rings. The van der Waals surface area contributed by atoms with Gasteiger partial charge < -0.3 is 14.2 Å². The van der Waals surface area contributed by atoms with E-state index in [1.165, 1.54) is 13.2 Å². The number of anilines is 1. The van der Waals surface area contributed by atoms with Crippen molar-refractivity contribution >= 4 is 17.5 Å². The molecule has 0 spiro atoms. The van der Waals surface area contributed by atoms with Crippen LogP contribution >= 0.6 is 0 Å². The molecule has 0 aliphatic carbocycles. The summed E-state index contributed by atoms with van der Waals surface area (Å²) >= 11 is 0. The topological polar surface area (TPSA) is 88.9 Å². The number of alkyl halides is 3. The normalized spacial score (nSPS) is 33.0. The minimum Gasteiger partial charge on any atom is -0.382 e. The number of ether oxygens (including phenoxy) is 3. The first kappa shape index (κ1) is 23.6. The lowest BCUT2D eigenvalue weighted by Crippen LogP contribution is -2.47. The van der Waals surface area contributed by atoms with Gasteiger partial charge in [0, 0.05) is 13.0 Å². The molecule has 178 valence electrons. The first-order valence-corrected chi connectivity index (χ1v) is 10.3. The van der Waals surface area contributed by atoms with Gasteiger partial charge in [0.1, 0.15) is 5.56 Å². The molecule has 3 aliphatic rings. The summed E-state index contributed by atoms with van der Waals surface area (Å²) in [5.41, 5.74) is -5.71.